The maximum Gasteiger partial charge on any atom is 0.410 e. The monoisotopic (exact) mass is 467 g/mol. The number of thiazole rings is 1. The molecule has 7 nitrogen and oxygen atoms in total. The Balaban J connectivity index is 1.65. The van der Waals surface area contributed by atoms with Gasteiger partial charge in [-0.1, -0.05) is 60.7 Å². The molecule has 1 aromatic heterocycles. The molecule has 2 amide bonds. The molecule has 0 bridgehead atoms. The lowest BCUT2D eigenvalue weighted by Crippen LogP contribution is -2.42. The maximum absolute atomic E-state index is 12.8. The fraction of sp³-hybridized carbons (Fsp3) is 0.320. The van der Waals surface area contributed by atoms with Crippen LogP contribution in [0, 0.1) is 0 Å². The van der Waals surface area contributed by atoms with E-state index in [4.69, 9.17) is 4.74 Å². The summed E-state index contributed by atoms with van der Waals surface area (Å²) in [6, 6.07) is 19.1. The standard InChI is InChI=1S/C25H29N3O4S/c1-19(29)27-22(12-20-8-4-2-5-9-20)13-23(30)16-28(15-21-10-6-3-7-11-21)25(31)32-17-24-14-26-18-33-24/h2-11,14,18,22-23,30H,12-13,15-17H2,1H3,(H,27,29). The summed E-state index contributed by atoms with van der Waals surface area (Å²) in [5.41, 5.74) is 3.68. The summed E-state index contributed by atoms with van der Waals surface area (Å²) < 4.78 is 5.46. The normalized spacial score (nSPS) is 12.5. The van der Waals surface area contributed by atoms with Gasteiger partial charge in [-0.2, -0.15) is 0 Å². The first-order valence-electron chi connectivity index (χ1n) is 10.8. The summed E-state index contributed by atoms with van der Waals surface area (Å²) in [7, 11) is 0. The number of amides is 2. The van der Waals surface area contributed by atoms with Crippen LogP contribution in [-0.2, 0) is 29.1 Å². The highest BCUT2D eigenvalue weighted by atomic mass is 32.1. The van der Waals surface area contributed by atoms with Crippen molar-refractivity contribution in [1.82, 2.24) is 15.2 Å². The highest BCUT2D eigenvalue weighted by Crippen LogP contribution is 2.14. The number of ether oxygens (including phenoxy) is 1. The van der Waals surface area contributed by atoms with Crippen molar-refractivity contribution in [2.24, 2.45) is 0 Å². The van der Waals surface area contributed by atoms with E-state index in [-0.39, 0.29) is 25.1 Å². The molecule has 3 rings (SSSR count). The van der Waals surface area contributed by atoms with Gasteiger partial charge in [0.1, 0.15) is 6.61 Å². The van der Waals surface area contributed by atoms with Gasteiger partial charge in [0.2, 0.25) is 5.91 Å². The summed E-state index contributed by atoms with van der Waals surface area (Å²) in [6.07, 6.45) is 1.21. The van der Waals surface area contributed by atoms with Crippen LogP contribution in [0.25, 0.3) is 0 Å². The van der Waals surface area contributed by atoms with E-state index in [1.54, 1.807) is 11.7 Å². The van der Waals surface area contributed by atoms with E-state index in [2.05, 4.69) is 10.3 Å². The molecule has 8 heteroatoms. The van der Waals surface area contributed by atoms with Gasteiger partial charge in [0.05, 0.1) is 23.0 Å². The Morgan fingerprint density at radius 2 is 1.76 bits per heavy atom. The second kappa shape index (κ2) is 12.7. The zero-order valence-corrected chi connectivity index (χ0v) is 19.4. The van der Waals surface area contributed by atoms with Gasteiger partial charge < -0.3 is 20.1 Å². The van der Waals surface area contributed by atoms with Crippen molar-refractivity contribution in [2.75, 3.05) is 6.54 Å². The minimum Gasteiger partial charge on any atom is -0.444 e. The van der Waals surface area contributed by atoms with E-state index in [9.17, 15) is 14.7 Å². The molecule has 0 fully saturated rings. The average Bonchev–Trinajstić information content (AvgIpc) is 3.31. The molecular formula is C25H29N3O4S. The molecule has 0 radical (unpaired) electrons. The molecule has 0 spiro atoms. The number of hydrogen-bond acceptors (Lipinski definition) is 6. The average molecular weight is 468 g/mol. The molecule has 3 aromatic rings. The van der Waals surface area contributed by atoms with Gasteiger partial charge in [0, 0.05) is 25.7 Å². The van der Waals surface area contributed by atoms with Crippen LogP contribution in [0.1, 0.15) is 29.3 Å². The molecule has 2 atom stereocenters. The molecule has 2 unspecified atom stereocenters. The first-order valence-corrected chi connectivity index (χ1v) is 11.7. The molecule has 33 heavy (non-hydrogen) atoms. The number of nitrogens with zero attached hydrogens (tertiary/aromatic N) is 2. The van der Waals surface area contributed by atoms with Crippen LogP contribution in [0.15, 0.2) is 72.4 Å². The third-order valence-electron chi connectivity index (χ3n) is 5.02. The molecule has 0 saturated carbocycles. The number of hydrogen-bond donors (Lipinski definition) is 2. The minimum absolute atomic E-state index is 0.0846. The number of carbonyl (C=O) groups excluding carboxylic acids is 2. The minimum atomic E-state index is -0.842. The molecule has 2 aromatic carbocycles. The van der Waals surface area contributed by atoms with Crippen molar-refractivity contribution < 1.29 is 19.4 Å². The summed E-state index contributed by atoms with van der Waals surface area (Å²) in [5.74, 6) is -0.159. The first-order chi connectivity index (χ1) is 16.0. The van der Waals surface area contributed by atoms with Crippen LogP contribution in [0.2, 0.25) is 0 Å². The number of benzene rings is 2. The third-order valence-corrected chi connectivity index (χ3v) is 5.77. The van der Waals surface area contributed by atoms with Crippen LogP contribution in [0.3, 0.4) is 0 Å². The SMILES string of the molecule is CC(=O)NC(Cc1ccccc1)CC(O)CN(Cc1ccccc1)C(=O)OCc1cncs1. The molecule has 1 heterocycles. The molecule has 0 aliphatic heterocycles. The third kappa shape index (κ3) is 8.67. The quantitative estimate of drug-likeness (QED) is 0.448. The van der Waals surface area contributed by atoms with E-state index in [0.717, 1.165) is 16.0 Å². The molecule has 0 saturated heterocycles. The number of aromatic nitrogens is 1. The van der Waals surface area contributed by atoms with Gasteiger partial charge in [0.25, 0.3) is 0 Å². The topological polar surface area (TPSA) is 91.8 Å². The van der Waals surface area contributed by atoms with Crippen molar-refractivity contribution in [3.8, 4) is 0 Å². The Hall–Kier alpha value is -3.23. The number of nitrogens with one attached hydrogen (secondary N) is 1. The van der Waals surface area contributed by atoms with Crippen molar-refractivity contribution >= 4 is 23.3 Å². The Morgan fingerprint density at radius 1 is 1.09 bits per heavy atom. The van der Waals surface area contributed by atoms with Crippen LogP contribution in [-0.4, -0.2) is 45.7 Å². The molecule has 174 valence electrons. The van der Waals surface area contributed by atoms with Crippen molar-refractivity contribution in [3.63, 3.8) is 0 Å². The Kier molecular flexibility index (Phi) is 9.41. The van der Waals surface area contributed by atoms with E-state index < -0.39 is 12.2 Å². The van der Waals surface area contributed by atoms with Crippen molar-refractivity contribution in [3.05, 3.63) is 88.4 Å². The second-order valence-corrected chi connectivity index (χ2v) is 8.84. The molecular weight excluding hydrogens is 438 g/mol. The van der Waals surface area contributed by atoms with Crippen molar-refractivity contribution in [1.29, 1.82) is 0 Å². The number of carbonyl (C=O) groups is 2. The van der Waals surface area contributed by atoms with Gasteiger partial charge in [-0.05, 0) is 24.0 Å². The molecule has 0 aliphatic rings. The smallest absolute Gasteiger partial charge is 0.410 e. The Labute approximate surface area is 198 Å². The first kappa shape index (κ1) is 24.4. The lowest BCUT2D eigenvalue weighted by molar-refractivity contribution is -0.119. The number of rotatable bonds is 11. The van der Waals surface area contributed by atoms with E-state index in [1.165, 1.54) is 23.2 Å². The molecule has 2 N–H and O–H groups in total. The maximum atomic E-state index is 12.8. The summed E-state index contributed by atoms with van der Waals surface area (Å²) >= 11 is 1.41. The lowest BCUT2D eigenvalue weighted by Gasteiger charge is -2.27. The van der Waals surface area contributed by atoms with Crippen molar-refractivity contribution in [2.45, 2.75) is 45.1 Å². The second-order valence-electron chi connectivity index (χ2n) is 7.87. The Morgan fingerprint density at radius 3 is 2.36 bits per heavy atom. The van der Waals surface area contributed by atoms with E-state index in [0.29, 0.717) is 19.4 Å². The van der Waals surface area contributed by atoms with Gasteiger partial charge in [-0.3, -0.25) is 9.78 Å². The van der Waals surface area contributed by atoms with Gasteiger partial charge in [0.15, 0.2) is 0 Å². The van der Waals surface area contributed by atoms with Gasteiger partial charge in [-0.25, -0.2) is 4.79 Å². The predicted octanol–water partition coefficient (Wildman–Crippen LogP) is 3.78. The lowest BCUT2D eigenvalue weighted by atomic mass is 10.00. The zero-order valence-electron chi connectivity index (χ0n) is 18.6. The highest BCUT2D eigenvalue weighted by molar-refractivity contribution is 7.09. The van der Waals surface area contributed by atoms with Crippen LogP contribution < -0.4 is 5.32 Å². The fourth-order valence-corrected chi connectivity index (χ4v) is 4.09. The molecule has 0 aliphatic carbocycles. The predicted molar refractivity (Wildman–Crippen MR) is 128 cm³/mol. The van der Waals surface area contributed by atoms with Crippen LogP contribution >= 0.6 is 11.3 Å². The van der Waals surface area contributed by atoms with E-state index in [1.807, 2.05) is 60.7 Å². The number of aliphatic hydroxyl groups is 1. The number of aliphatic hydroxyl groups excluding tert-OH is 1. The largest absolute Gasteiger partial charge is 0.444 e. The van der Waals surface area contributed by atoms with Crippen LogP contribution in [0.4, 0.5) is 4.79 Å². The zero-order chi connectivity index (χ0) is 23.5. The van der Waals surface area contributed by atoms with Gasteiger partial charge >= 0.3 is 6.09 Å². The van der Waals surface area contributed by atoms with E-state index >= 15 is 0 Å². The highest BCUT2D eigenvalue weighted by Gasteiger charge is 2.23. The fourth-order valence-electron chi connectivity index (χ4n) is 3.58. The van der Waals surface area contributed by atoms with Gasteiger partial charge in [-0.15, -0.1) is 11.3 Å². The Bertz CT molecular complexity index is 983. The summed E-state index contributed by atoms with van der Waals surface area (Å²) in [5, 5.41) is 13.8. The summed E-state index contributed by atoms with van der Waals surface area (Å²) in [4.78, 5) is 30.9. The van der Waals surface area contributed by atoms with Crippen LogP contribution in [0.5, 0.6) is 0 Å². The summed E-state index contributed by atoms with van der Waals surface area (Å²) in [6.45, 7) is 1.99.